The van der Waals surface area contributed by atoms with Crippen molar-refractivity contribution in [2.45, 2.75) is 18.2 Å². The number of hydrogen-bond donors (Lipinski definition) is 1. The minimum absolute atomic E-state index is 0.176. The molecular formula is C28H35NO8S. The molecule has 0 aliphatic heterocycles. The SMILES string of the molecule is C#CCOCCOCCOCCOCCNC(=O)c1cccc(C(=O)CCS(=O)(=O)c2ccc(C)cc2)c1. The fraction of sp³-hybridized carbons (Fsp3) is 0.429. The van der Waals surface area contributed by atoms with Crippen molar-refractivity contribution in [1.29, 1.82) is 0 Å². The summed E-state index contributed by atoms with van der Waals surface area (Å²) in [7, 11) is -3.58. The lowest BCUT2D eigenvalue weighted by Crippen LogP contribution is -2.27. The minimum Gasteiger partial charge on any atom is -0.377 e. The predicted octanol–water partition coefficient (Wildman–Crippen LogP) is 2.47. The van der Waals surface area contributed by atoms with Gasteiger partial charge < -0.3 is 24.3 Å². The number of Topliss-reactive ketones (excluding diaryl/α,β-unsaturated/α-hetero) is 1. The van der Waals surface area contributed by atoms with E-state index in [1.165, 1.54) is 18.2 Å². The number of ketones is 1. The summed E-state index contributed by atoms with van der Waals surface area (Å²) in [6, 6.07) is 12.7. The maximum absolute atomic E-state index is 12.6. The monoisotopic (exact) mass is 545 g/mol. The Bertz CT molecular complexity index is 1160. The van der Waals surface area contributed by atoms with Crippen LogP contribution in [-0.4, -0.2) is 85.3 Å². The molecule has 0 aliphatic carbocycles. The number of ether oxygens (including phenoxy) is 4. The van der Waals surface area contributed by atoms with E-state index in [2.05, 4.69) is 11.2 Å². The highest BCUT2D eigenvalue weighted by Gasteiger charge is 2.18. The van der Waals surface area contributed by atoms with Crippen LogP contribution < -0.4 is 5.32 Å². The number of carbonyl (C=O) groups excluding carboxylic acids is 2. The Labute approximate surface area is 224 Å². The number of rotatable bonds is 19. The molecule has 0 spiro atoms. The zero-order chi connectivity index (χ0) is 27.6. The Morgan fingerprint density at radius 2 is 1.42 bits per heavy atom. The molecule has 1 amide bonds. The summed E-state index contributed by atoms with van der Waals surface area (Å²) < 4.78 is 46.2. The zero-order valence-electron chi connectivity index (χ0n) is 21.6. The lowest BCUT2D eigenvalue weighted by Gasteiger charge is -2.09. The van der Waals surface area contributed by atoms with Crippen molar-refractivity contribution in [3.8, 4) is 12.3 Å². The molecule has 2 aromatic rings. The van der Waals surface area contributed by atoms with Crippen LogP contribution >= 0.6 is 0 Å². The molecule has 0 radical (unpaired) electrons. The van der Waals surface area contributed by atoms with Gasteiger partial charge in [-0.1, -0.05) is 35.7 Å². The quantitative estimate of drug-likeness (QED) is 0.163. The van der Waals surface area contributed by atoms with E-state index in [-0.39, 0.29) is 47.5 Å². The smallest absolute Gasteiger partial charge is 0.251 e. The zero-order valence-corrected chi connectivity index (χ0v) is 22.5. The third-order valence-electron chi connectivity index (χ3n) is 5.26. The van der Waals surface area contributed by atoms with Crippen LogP contribution in [0.25, 0.3) is 0 Å². The molecular weight excluding hydrogens is 510 g/mol. The average molecular weight is 546 g/mol. The molecule has 0 heterocycles. The minimum atomic E-state index is -3.58. The number of hydrogen-bond acceptors (Lipinski definition) is 8. The molecule has 0 saturated carbocycles. The summed E-state index contributed by atoms with van der Waals surface area (Å²) >= 11 is 0. The summed E-state index contributed by atoms with van der Waals surface area (Å²) in [5.74, 6) is 1.37. The summed E-state index contributed by atoms with van der Waals surface area (Å²) in [4.78, 5) is 25.2. The van der Waals surface area contributed by atoms with Crippen molar-refractivity contribution >= 4 is 21.5 Å². The van der Waals surface area contributed by atoms with E-state index in [4.69, 9.17) is 25.4 Å². The number of sulfone groups is 1. The Morgan fingerprint density at radius 1 is 0.842 bits per heavy atom. The molecule has 0 aromatic heterocycles. The van der Waals surface area contributed by atoms with Crippen molar-refractivity contribution in [1.82, 2.24) is 5.32 Å². The fourth-order valence-corrected chi connectivity index (χ4v) is 4.44. The van der Waals surface area contributed by atoms with Gasteiger partial charge in [-0.25, -0.2) is 8.42 Å². The first-order valence-corrected chi connectivity index (χ1v) is 13.9. The second-order valence-corrected chi connectivity index (χ2v) is 10.3. The molecule has 2 rings (SSSR count). The maximum Gasteiger partial charge on any atom is 0.251 e. The van der Waals surface area contributed by atoms with E-state index in [1.807, 2.05) is 6.92 Å². The van der Waals surface area contributed by atoms with Gasteiger partial charge in [-0.05, 0) is 31.2 Å². The second-order valence-electron chi connectivity index (χ2n) is 8.24. The molecule has 206 valence electrons. The van der Waals surface area contributed by atoms with Crippen molar-refractivity contribution < 1.29 is 37.0 Å². The van der Waals surface area contributed by atoms with Gasteiger partial charge in [0.1, 0.15) is 6.61 Å². The van der Waals surface area contributed by atoms with Crippen molar-refractivity contribution in [2.75, 3.05) is 65.2 Å². The number of benzene rings is 2. The normalized spacial score (nSPS) is 11.2. The molecule has 0 atom stereocenters. The van der Waals surface area contributed by atoms with Crippen LogP contribution in [0, 0.1) is 19.3 Å². The van der Waals surface area contributed by atoms with Gasteiger partial charge in [0, 0.05) is 24.1 Å². The maximum atomic E-state index is 12.6. The van der Waals surface area contributed by atoms with Crippen LogP contribution in [0.3, 0.4) is 0 Å². The summed E-state index contributed by atoms with van der Waals surface area (Å²) in [6.07, 6.45) is 4.89. The van der Waals surface area contributed by atoms with Crippen LogP contribution in [0.1, 0.15) is 32.7 Å². The van der Waals surface area contributed by atoms with Crippen LogP contribution in [0.5, 0.6) is 0 Å². The standard InChI is InChI=1S/C28H35NO8S/c1-3-13-34-15-17-36-19-20-37-18-16-35-14-12-29-28(31)25-6-4-5-24(22-25)27(30)11-21-38(32,33)26-9-7-23(2)8-10-26/h1,4-10,22H,11-21H2,2H3,(H,29,31). The second kappa shape index (κ2) is 17.4. The molecule has 0 fully saturated rings. The molecule has 2 aromatic carbocycles. The van der Waals surface area contributed by atoms with E-state index in [0.717, 1.165) is 5.56 Å². The Morgan fingerprint density at radius 3 is 2.05 bits per heavy atom. The molecule has 1 N–H and O–H groups in total. The molecule has 0 saturated heterocycles. The van der Waals surface area contributed by atoms with E-state index in [0.29, 0.717) is 51.8 Å². The Balaban J connectivity index is 1.62. The summed E-state index contributed by atoms with van der Waals surface area (Å²) in [5.41, 5.74) is 1.55. The van der Waals surface area contributed by atoms with Crippen molar-refractivity contribution in [3.63, 3.8) is 0 Å². The molecule has 0 bridgehead atoms. The van der Waals surface area contributed by atoms with Gasteiger partial charge in [0.15, 0.2) is 15.6 Å². The molecule has 0 aliphatic rings. The number of nitrogens with one attached hydrogen (secondary N) is 1. The van der Waals surface area contributed by atoms with Gasteiger partial charge in [0.05, 0.1) is 56.9 Å². The van der Waals surface area contributed by atoms with Crippen LogP contribution in [0.2, 0.25) is 0 Å². The summed E-state index contributed by atoms with van der Waals surface area (Å²) in [5, 5.41) is 2.73. The van der Waals surface area contributed by atoms with Crippen molar-refractivity contribution in [3.05, 3.63) is 65.2 Å². The molecule has 0 unspecified atom stereocenters. The van der Waals surface area contributed by atoms with Gasteiger partial charge >= 0.3 is 0 Å². The lowest BCUT2D eigenvalue weighted by atomic mass is 10.1. The van der Waals surface area contributed by atoms with Crippen molar-refractivity contribution in [2.24, 2.45) is 0 Å². The first-order chi connectivity index (χ1) is 18.3. The van der Waals surface area contributed by atoms with Gasteiger partial charge in [-0.15, -0.1) is 6.42 Å². The topological polar surface area (TPSA) is 117 Å². The number of amides is 1. The Kier molecular flexibility index (Phi) is 14.3. The number of terminal acetylenes is 1. The first-order valence-electron chi connectivity index (χ1n) is 12.3. The third-order valence-corrected chi connectivity index (χ3v) is 6.99. The van der Waals surface area contributed by atoms with Crippen LogP contribution in [0.4, 0.5) is 0 Å². The number of carbonyl (C=O) groups is 2. The first kappa shape index (κ1) is 31.1. The summed E-state index contributed by atoms with van der Waals surface area (Å²) in [6.45, 7) is 5.27. The average Bonchev–Trinajstić information content (AvgIpc) is 2.92. The largest absolute Gasteiger partial charge is 0.377 e. The highest BCUT2D eigenvalue weighted by molar-refractivity contribution is 7.91. The predicted molar refractivity (Wildman–Crippen MR) is 143 cm³/mol. The van der Waals surface area contributed by atoms with Gasteiger partial charge in [0.2, 0.25) is 0 Å². The number of aryl methyl sites for hydroxylation is 1. The van der Waals surface area contributed by atoms with Gasteiger partial charge in [-0.2, -0.15) is 0 Å². The van der Waals surface area contributed by atoms with Gasteiger partial charge in [-0.3, -0.25) is 9.59 Å². The highest BCUT2D eigenvalue weighted by atomic mass is 32.2. The fourth-order valence-electron chi connectivity index (χ4n) is 3.20. The van der Waals surface area contributed by atoms with Crippen LogP contribution in [0.15, 0.2) is 53.4 Å². The lowest BCUT2D eigenvalue weighted by molar-refractivity contribution is 0.00176. The van der Waals surface area contributed by atoms with E-state index in [1.54, 1.807) is 30.3 Å². The van der Waals surface area contributed by atoms with Gasteiger partial charge in [0.25, 0.3) is 5.91 Å². The van der Waals surface area contributed by atoms with Crippen LogP contribution in [-0.2, 0) is 28.8 Å². The third kappa shape index (κ3) is 12.0. The van der Waals surface area contributed by atoms with E-state index in [9.17, 15) is 18.0 Å². The highest BCUT2D eigenvalue weighted by Crippen LogP contribution is 2.15. The molecule has 9 nitrogen and oxygen atoms in total. The molecule has 10 heteroatoms. The Hall–Kier alpha value is -3.07. The molecule has 38 heavy (non-hydrogen) atoms. The van der Waals surface area contributed by atoms with E-state index < -0.39 is 9.84 Å². The van der Waals surface area contributed by atoms with E-state index >= 15 is 0 Å².